The minimum Gasteiger partial charge on any atom is -0.469 e. The molecule has 0 spiro atoms. The predicted molar refractivity (Wildman–Crippen MR) is 117 cm³/mol. The monoisotopic (exact) mass is 459 g/mol. The molecule has 2 fully saturated rings. The van der Waals surface area contributed by atoms with Crippen molar-refractivity contribution in [2.75, 3.05) is 26.2 Å². The normalized spacial score (nSPS) is 17.9. The molecule has 170 valence electrons. The third kappa shape index (κ3) is 4.46. The lowest BCUT2D eigenvalue weighted by Crippen LogP contribution is -2.35. The van der Waals surface area contributed by atoms with Crippen molar-refractivity contribution in [3.63, 3.8) is 0 Å². The van der Waals surface area contributed by atoms with E-state index in [9.17, 15) is 23.3 Å². The van der Waals surface area contributed by atoms with Gasteiger partial charge in [0.1, 0.15) is 0 Å². The number of amides is 1. The Kier molecular flexibility index (Phi) is 6.43. The Bertz CT molecular complexity index is 1090. The minimum absolute atomic E-state index is 0.142. The molecule has 2 saturated heterocycles. The number of benzene rings is 2. The smallest absolute Gasteiger partial charge is 0.312 e. The number of nitrogens with zero attached hydrogens (tertiary/aromatic N) is 3. The molecule has 32 heavy (non-hydrogen) atoms. The molecular formula is C22H25N3O6S. The number of hydrogen-bond acceptors (Lipinski definition) is 6. The molecule has 4 rings (SSSR count). The van der Waals surface area contributed by atoms with Crippen molar-refractivity contribution in [1.82, 2.24) is 9.21 Å². The van der Waals surface area contributed by atoms with Gasteiger partial charge in [0.05, 0.1) is 9.82 Å². The summed E-state index contributed by atoms with van der Waals surface area (Å²) in [6.07, 6.45) is 2.26. The highest BCUT2D eigenvalue weighted by molar-refractivity contribution is 7.89. The minimum atomic E-state index is -3.82. The molecule has 0 bridgehead atoms. The van der Waals surface area contributed by atoms with Crippen LogP contribution in [0.2, 0.25) is 0 Å². The number of rotatable bonds is 7. The zero-order valence-electron chi connectivity index (χ0n) is 17.6. The van der Waals surface area contributed by atoms with Gasteiger partial charge in [0, 0.05) is 37.8 Å². The van der Waals surface area contributed by atoms with Crippen LogP contribution >= 0.6 is 0 Å². The molecule has 2 aromatic rings. The number of likely N-dealkylation sites (tertiary alicyclic amines) is 1. The van der Waals surface area contributed by atoms with E-state index in [1.165, 1.54) is 16.4 Å². The molecular weight excluding hydrogens is 434 g/mol. The van der Waals surface area contributed by atoms with Crippen molar-refractivity contribution in [1.29, 1.82) is 0 Å². The molecule has 9 nitrogen and oxygen atoms in total. The number of carbonyl (C=O) groups excluding carboxylic acids is 1. The van der Waals surface area contributed by atoms with Crippen molar-refractivity contribution in [3.05, 3.63) is 64.2 Å². The van der Waals surface area contributed by atoms with Crippen LogP contribution in [0.15, 0.2) is 53.4 Å². The zero-order chi connectivity index (χ0) is 22.7. The average molecular weight is 460 g/mol. The molecule has 0 N–H and O–H groups in total. The molecule has 0 unspecified atom stereocenters. The maximum atomic E-state index is 13.2. The maximum Gasteiger partial charge on any atom is 0.312 e. The lowest BCUT2D eigenvalue weighted by Gasteiger charge is -2.24. The molecule has 1 atom stereocenters. The van der Waals surface area contributed by atoms with Gasteiger partial charge in [-0.15, -0.1) is 0 Å². The van der Waals surface area contributed by atoms with Gasteiger partial charge < -0.3 is 9.64 Å². The van der Waals surface area contributed by atoms with Crippen LogP contribution in [-0.2, 0) is 14.8 Å². The predicted octanol–water partition coefficient (Wildman–Crippen LogP) is 3.12. The van der Waals surface area contributed by atoms with Crippen LogP contribution in [0.5, 0.6) is 5.75 Å². The van der Waals surface area contributed by atoms with Crippen LogP contribution < -0.4 is 4.74 Å². The van der Waals surface area contributed by atoms with E-state index in [0.717, 1.165) is 31.7 Å². The van der Waals surface area contributed by atoms with Gasteiger partial charge in [0.25, 0.3) is 5.91 Å². The van der Waals surface area contributed by atoms with E-state index in [0.29, 0.717) is 31.7 Å². The zero-order valence-corrected chi connectivity index (χ0v) is 18.4. The summed E-state index contributed by atoms with van der Waals surface area (Å²) in [7, 11) is -3.82. The third-order valence-corrected chi connectivity index (χ3v) is 7.71. The quantitative estimate of drug-likeness (QED) is 0.465. The second kappa shape index (κ2) is 9.25. The average Bonchev–Trinajstić information content (AvgIpc) is 3.52. The van der Waals surface area contributed by atoms with E-state index in [2.05, 4.69) is 0 Å². The highest BCUT2D eigenvalue weighted by Gasteiger charge is 2.33. The van der Waals surface area contributed by atoms with Gasteiger partial charge >= 0.3 is 5.69 Å². The Hall–Kier alpha value is -2.98. The number of nitro groups is 1. The lowest BCUT2D eigenvalue weighted by molar-refractivity contribution is -0.386. The van der Waals surface area contributed by atoms with Gasteiger partial charge in [-0.3, -0.25) is 14.9 Å². The third-order valence-electron chi connectivity index (χ3n) is 5.82. The summed E-state index contributed by atoms with van der Waals surface area (Å²) in [5, 5.41) is 11.8. The van der Waals surface area contributed by atoms with Crippen LogP contribution in [0, 0.1) is 10.1 Å². The molecule has 10 heteroatoms. The summed E-state index contributed by atoms with van der Waals surface area (Å²) < 4.78 is 32.9. The summed E-state index contributed by atoms with van der Waals surface area (Å²) in [4.78, 5) is 25.8. The van der Waals surface area contributed by atoms with Crippen molar-refractivity contribution >= 4 is 21.6 Å². The Morgan fingerprint density at radius 3 is 2.22 bits per heavy atom. The maximum absolute atomic E-state index is 13.2. The molecule has 0 aliphatic carbocycles. The molecule has 0 saturated carbocycles. The summed E-state index contributed by atoms with van der Waals surface area (Å²) >= 11 is 0. The summed E-state index contributed by atoms with van der Waals surface area (Å²) in [6.45, 7) is 2.02. The van der Waals surface area contributed by atoms with Gasteiger partial charge in [0.2, 0.25) is 16.1 Å². The van der Waals surface area contributed by atoms with Crippen molar-refractivity contribution in [2.45, 2.75) is 36.7 Å². The second-order valence-corrected chi connectivity index (χ2v) is 9.88. The molecule has 2 aliphatic heterocycles. The van der Waals surface area contributed by atoms with E-state index < -0.39 is 26.7 Å². The van der Waals surface area contributed by atoms with Crippen molar-refractivity contribution in [2.24, 2.45) is 0 Å². The first-order valence-corrected chi connectivity index (χ1v) is 12.1. The van der Waals surface area contributed by atoms with E-state index >= 15 is 0 Å². The molecule has 0 aromatic heterocycles. The van der Waals surface area contributed by atoms with Crippen LogP contribution in [0.3, 0.4) is 0 Å². The Labute approximate surface area is 186 Å². The summed E-state index contributed by atoms with van der Waals surface area (Å²) in [6, 6.07) is 12.4. The summed E-state index contributed by atoms with van der Waals surface area (Å²) in [5.41, 5.74) is 0.0906. The first-order valence-electron chi connectivity index (χ1n) is 10.7. The van der Waals surface area contributed by atoms with Gasteiger partial charge in [0.15, 0.2) is 5.75 Å². The number of carbonyl (C=O) groups is 1. The SMILES string of the molecule is O=C([C@H](Oc1ccc(S(=O)(=O)N2CCCC2)cc1[N+](=O)[O-])c1ccccc1)N1CCCC1. The van der Waals surface area contributed by atoms with Crippen LogP contribution in [-0.4, -0.2) is 54.6 Å². The van der Waals surface area contributed by atoms with E-state index in [-0.39, 0.29) is 16.6 Å². The standard InChI is InChI=1S/C22H25N3O6S/c26-22(23-12-4-5-13-23)21(17-8-2-1-3-9-17)31-20-11-10-18(16-19(20)25(27)28)32(29,30)24-14-6-7-15-24/h1-3,8-11,16,21H,4-7,12-15H2/t21-/m1/s1. The highest BCUT2D eigenvalue weighted by Crippen LogP contribution is 2.35. The lowest BCUT2D eigenvalue weighted by atomic mass is 10.1. The van der Waals surface area contributed by atoms with E-state index in [1.54, 1.807) is 35.2 Å². The summed E-state index contributed by atoms with van der Waals surface area (Å²) in [5.74, 6) is -0.409. The van der Waals surface area contributed by atoms with Gasteiger partial charge in [-0.1, -0.05) is 30.3 Å². The largest absolute Gasteiger partial charge is 0.469 e. The van der Waals surface area contributed by atoms with Gasteiger partial charge in [-0.2, -0.15) is 4.31 Å². The fourth-order valence-corrected chi connectivity index (χ4v) is 5.63. The van der Waals surface area contributed by atoms with E-state index in [1.807, 2.05) is 0 Å². The Morgan fingerprint density at radius 2 is 1.59 bits per heavy atom. The van der Waals surface area contributed by atoms with Gasteiger partial charge in [-0.25, -0.2) is 8.42 Å². The number of ether oxygens (including phenoxy) is 1. The molecule has 0 radical (unpaired) electrons. The molecule has 1 amide bonds. The van der Waals surface area contributed by atoms with Crippen molar-refractivity contribution in [3.8, 4) is 5.75 Å². The van der Waals surface area contributed by atoms with Crippen LogP contribution in [0.25, 0.3) is 0 Å². The first kappa shape index (κ1) is 22.2. The Morgan fingerprint density at radius 1 is 0.969 bits per heavy atom. The number of hydrogen-bond donors (Lipinski definition) is 0. The highest BCUT2D eigenvalue weighted by atomic mass is 32.2. The second-order valence-electron chi connectivity index (χ2n) is 7.94. The fourth-order valence-electron chi connectivity index (χ4n) is 4.10. The molecule has 2 aromatic carbocycles. The molecule has 2 heterocycles. The topological polar surface area (TPSA) is 110 Å². The first-order chi connectivity index (χ1) is 15.4. The van der Waals surface area contributed by atoms with E-state index in [4.69, 9.17) is 4.74 Å². The number of nitro benzene ring substituents is 1. The van der Waals surface area contributed by atoms with Crippen LogP contribution in [0.1, 0.15) is 37.4 Å². The van der Waals surface area contributed by atoms with Crippen molar-refractivity contribution < 1.29 is 22.9 Å². The Balaban J connectivity index is 1.69. The number of sulfonamides is 1. The molecule has 2 aliphatic rings. The van der Waals surface area contributed by atoms with Crippen LogP contribution in [0.4, 0.5) is 5.69 Å². The van der Waals surface area contributed by atoms with Gasteiger partial charge in [-0.05, 0) is 37.8 Å². The fraction of sp³-hybridized carbons (Fsp3) is 0.409.